The van der Waals surface area contributed by atoms with E-state index in [0.29, 0.717) is 12.8 Å². The summed E-state index contributed by atoms with van der Waals surface area (Å²) in [6.45, 7) is 1.34. The van der Waals surface area contributed by atoms with E-state index in [1.807, 2.05) is 18.2 Å². The maximum absolute atomic E-state index is 9.99. The van der Waals surface area contributed by atoms with Crippen LogP contribution in [0.2, 0.25) is 0 Å². The number of benzene rings is 1. The van der Waals surface area contributed by atoms with Gasteiger partial charge in [-0.2, -0.15) is 0 Å². The molecule has 18 heavy (non-hydrogen) atoms. The minimum Gasteiger partial charge on any atom is -0.393 e. The van der Waals surface area contributed by atoms with Crippen LogP contribution in [0, 0.1) is 0 Å². The SMILES string of the molecule is OCC1(O)CCN(c2nc3ccccc3s2)CC1. The van der Waals surface area contributed by atoms with Gasteiger partial charge in [-0.1, -0.05) is 23.5 Å². The van der Waals surface area contributed by atoms with Crippen molar-refractivity contribution in [3.63, 3.8) is 0 Å². The van der Waals surface area contributed by atoms with Crippen LogP contribution in [0.5, 0.6) is 0 Å². The van der Waals surface area contributed by atoms with Crippen LogP contribution in [-0.4, -0.2) is 40.5 Å². The van der Waals surface area contributed by atoms with Crippen LogP contribution in [0.15, 0.2) is 24.3 Å². The summed E-state index contributed by atoms with van der Waals surface area (Å²) in [5.74, 6) is 0. The number of fused-ring (bicyclic) bond motifs is 1. The van der Waals surface area contributed by atoms with E-state index < -0.39 is 5.60 Å². The van der Waals surface area contributed by atoms with Gasteiger partial charge < -0.3 is 15.1 Å². The smallest absolute Gasteiger partial charge is 0.186 e. The largest absolute Gasteiger partial charge is 0.393 e. The average molecular weight is 264 g/mol. The fraction of sp³-hybridized carbons (Fsp3) is 0.462. The van der Waals surface area contributed by atoms with E-state index in [1.54, 1.807) is 11.3 Å². The van der Waals surface area contributed by atoms with Crippen LogP contribution in [-0.2, 0) is 0 Å². The van der Waals surface area contributed by atoms with Gasteiger partial charge in [-0.3, -0.25) is 0 Å². The predicted octanol–water partition coefficient (Wildman–Crippen LogP) is 1.62. The van der Waals surface area contributed by atoms with Crippen molar-refractivity contribution in [2.75, 3.05) is 24.6 Å². The molecular weight excluding hydrogens is 248 g/mol. The molecule has 3 rings (SSSR count). The summed E-state index contributed by atoms with van der Waals surface area (Å²) >= 11 is 1.68. The van der Waals surface area contributed by atoms with Crippen LogP contribution in [0.25, 0.3) is 10.2 Å². The summed E-state index contributed by atoms with van der Waals surface area (Å²) in [5.41, 5.74) is 0.133. The van der Waals surface area contributed by atoms with Crippen molar-refractivity contribution in [3.05, 3.63) is 24.3 Å². The number of aliphatic hydroxyl groups is 2. The van der Waals surface area contributed by atoms with Gasteiger partial charge >= 0.3 is 0 Å². The first kappa shape index (κ1) is 11.9. The van der Waals surface area contributed by atoms with Gasteiger partial charge in [0.25, 0.3) is 0 Å². The fourth-order valence-electron chi connectivity index (χ4n) is 2.27. The molecule has 0 bridgehead atoms. The molecule has 1 aromatic heterocycles. The zero-order valence-corrected chi connectivity index (χ0v) is 10.9. The van der Waals surface area contributed by atoms with Gasteiger partial charge in [-0.25, -0.2) is 4.98 Å². The number of nitrogens with zero attached hydrogens (tertiary/aromatic N) is 2. The molecule has 0 amide bonds. The number of piperidine rings is 1. The number of para-hydroxylation sites is 1. The van der Waals surface area contributed by atoms with Crippen molar-refractivity contribution >= 4 is 26.7 Å². The van der Waals surface area contributed by atoms with Crippen LogP contribution >= 0.6 is 11.3 Å². The zero-order chi connectivity index (χ0) is 12.6. The van der Waals surface area contributed by atoms with E-state index in [4.69, 9.17) is 5.11 Å². The fourth-order valence-corrected chi connectivity index (χ4v) is 3.28. The maximum atomic E-state index is 9.99. The standard InChI is InChI=1S/C13H16N2O2S/c16-9-13(17)5-7-15(8-6-13)12-14-10-3-1-2-4-11(10)18-12/h1-4,16-17H,5-9H2. The summed E-state index contributed by atoms with van der Waals surface area (Å²) in [7, 11) is 0. The molecule has 0 radical (unpaired) electrons. The average Bonchev–Trinajstić information content (AvgIpc) is 2.83. The zero-order valence-electron chi connectivity index (χ0n) is 10.0. The van der Waals surface area contributed by atoms with E-state index in [0.717, 1.165) is 23.7 Å². The summed E-state index contributed by atoms with van der Waals surface area (Å²) in [6, 6.07) is 8.10. The van der Waals surface area contributed by atoms with Crippen molar-refractivity contribution < 1.29 is 10.2 Å². The lowest BCUT2D eigenvalue weighted by Gasteiger charge is -2.36. The van der Waals surface area contributed by atoms with E-state index >= 15 is 0 Å². The van der Waals surface area contributed by atoms with Crippen molar-refractivity contribution in [1.29, 1.82) is 0 Å². The molecule has 2 aromatic rings. The molecule has 0 unspecified atom stereocenters. The summed E-state index contributed by atoms with van der Waals surface area (Å²) in [4.78, 5) is 6.80. The van der Waals surface area contributed by atoms with Gasteiger partial charge in [0.15, 0.2) is 5.13 Å². The third-order valence-corrected chi connectivity index (χ3v) is 4.64. The van der Waals surface area contributed by atoms with E-state index in [2.05, 4.69) is 16.0 Å². The molecule has 1 aliphatic heterocycles. The molecule has 2 N–H and O–H groups in total. The van der Waals surface area contributed by atoms with Crippen LogP contribution in [0.3, 0.4) is 0 Å². The summed E-state index contributed by atoms with van der Waals surface area (Å²) < 4.78 is 1.19. The first-order chi connectivity index (χ1) is 8.70. The lowest BCUT2D eigenvalue weighted by molar-refractivity contribution is -0.0325. The molecule has 96 valence electrons. The second-order valence-electron chi connectivity index (χ2n) is 4.83. The minimum atomic E-state index is -0.896. The minimum absolute atomic E-state index is 0.152. The first-order valence-corrected chi connectivity index (χ1v) is 6.96. The Labute approximate surface area is 110 Å². The highest BCUT2D eigenvalue weighted by atomic mass is 32.1. The number of anilines is 1. The number of hydrogen-bond donors (Lipinski definition) is 2. The molecule has 0 spiro atoms. The molecule has 2 heterocycles. The van der Waals surface area contributed by atoms with Gasteiger partial charge in [0.2, 0.25) is 0 Å². The topological polar surface area (TPSA) is 56.6 Å². The molecule has 0 atom stereocenters. The number of aliphatic hydroxyl groups excluding tert-OH is 1. The summed E-state index contributed by atoms with van der Waals surface area (Å²) in [6.07, 6.45) is 1.19. The molecule has 5 heteroatoms. The first-order valence-electron chi connectivity index (χ1n) is 6.14. The Morgan fingerprint density at radius 2 is 2.00 bits per heavy atom. The molecule has 1 aromatic carbocycles. The highest BCUT2D eigenvalue weighted by Gasteiger charge is 2.32. The van der Waals surface area contributed by atoms with Crippen molar-refractivity contribution in [1.82, 2.24) is 4.98 Å². The molecule has 1 fully saturated rings. The molecular formula is C13H16N2O2S. The van der Waals surface area contributed by atoms with Gasteiger partial charge in [0.1, 0.15) is 0 Å². The molecule has 4 nitrogen and oxygen atoms in total. The van der Waals surface area contributed by atoms with Crippen molar-refractivity contribution in [2.45, 2.75) is 18.4 Å². The molecule has 0 saturated carbocycles. The van der Waals surface area contributed by atoms with E-state index in [1.165, 1.54) is 4.70 Å². The normalized spacial score (nSPS) is 19.3. The quantitative estimate of drug-likeness (QED) is 0.865. The molecule has 0 aliphatic carbocycles. The van der Waals surface area contributed by atoms with E-state index in [9.17, 15) is 5.11 Å². The third-order valence-electron chi connectivity index (χ3n) is 3.54. The van der Waals surface area contributed by atoms with Crippen LogP contribution < -0.4 is 4.90 Å². The number of hydrogen-bond acceptors (Lipinski definition) is 5. The lowest BCUT2D eigenvalue weighted by atomic mass is 9.93. The second kappa shape index (κ2) is 4.50. The Morgan fingerprint density at radius 3 is 2.67 bits per heavy atom. The Hall–Kier alpha value is -1.17. The monoisotopic (exact) mass is 264 g/mol. The van der Waals surface area contributed by atoms with Gasteiger partial charge in [0, 0.05) is 13.1 Å². The van der Waals surface area contributed by atoms with Gasteiger partial charge in [0.05, 0.1) is 22.4 Å². The predicted molar refractivity (Wildman–Crippen MR) is 73.1 cm³/mol. The van der Waals surface area contributed by atoms with Crippen LogP contribution in [0.4, 0.5) is 5.13 Å². The highest BCUT2D eigenvalue weighted by Crippen LogP contribution is 2.32. The number of thiazole rings is 1. The summed E-state index contributed by atoms with van der Waals surface area (Å²) in [5, 5.41) is 20.1. The lowest BCUT2D eigenvalue weighted by Crippen LogP contribution is -2.46. The number of aromatic nitrogens is 1. The molecule has 1 aliphatic rings. The van der Waals surface area contributed by atoms with Crippen LogP contribution in [0.1, 0.15) is 12.8 Å². The Kier molecular flexibility index (Phi) is 2.97. The van der Waals surface area contributed by atoms with Gasteiger partial charge in [-0.05, 0) is 25.0 Å². The highest BCUT2D eigenvalue weighted by molar-refractivity contribution is 7.22. The Balaban J connectivity index is 1.80. The Morgan fingerprint density at radius 1 is 1.28 bits per heavy atom. The maximum Gasteiger partial charge on any atom is 0.186 e. The van der Waals surface area contributed by atoms with Crippen molar-refractivity contribution in [2.24, 2.45) is 0 Å². The Bertz CT molecular complexity index is 514. The van der Waals surface area contributed by atoms with Gasteiger partial charge in [-0.15, -0.1) is 0 Å². The van der Waals surface area contributed by atoms with E-state index in [-0.39, 0.29) is 6.61 Å². The molecule has 1 saturated heterocycles. The second-order valence-corrected chi connectivity index (χ2v) is 5.84. The van der Waals surface area contributed by atoms with Crippen molar-refractivity contribution in [3.8, 4) is 0 Å². The number of rotatable bonds is 2. The third kappa shape index (κ3) is 2.09.